The number of benzene rings is 2. The van der Waals surface area contributed by atoms with Gasteiger partial charge in [-0.2, -0.15) is 0 Å². The van der Waals surface area contributed by atoms with E-state index in [0.717, 1.165) is 45.7 Å². The predicted octanol–water partition coefficient (Wildman–Crippen LogP) is 8.29. The van der Waals surface area contributed by atoms with Crippen molar-refractivity contribution in [3.05, 3.63) is 89.9 Å². The molecule has 0 fully saturated rings. The average Bonchev–Trinajstić information content (AvgIpc) is 3.48. The monoisotopic (exact) mass is 498 g/mol. The number of allylic oxidation sites excluding steroid dienone is 4. The van der Waals surface area contributed by atoms with Gasteiger partial charge in [0.2, 0.25) is 11.8 Å². The van der Waals surface area contributed by atoms with Gasteiger partial charge in [-0.1, -0.05) is 57.2 Å². The molecule has 2 heterocycles. The number of fused-ring (bicyclic) bond motifs is 1. The van der Waals surface area contributed by atoms with Gasteiger partial charge in [0, 0.05) is 16.5 Å². The van der Waals surface area contributed by atoms with Gasteiger partial charge in [-0.15, -0.1) is 21.5 Å². The molecule has 1 unspecified atom stereocenters. The topological polar surface area (TPSA) is 68.4 Å². The number of hydrogen-bond donors (Lipinski definition) is 1. The maximum atomic E-state index is 10.1. The predicted molar refractivity (Wildman–Crippen MR) is 146 cm³/mol. The van der Waals surface area contributed by atoms with Crippen molar-refractivity contribution in [3.63, 3.8) is 0 Å². The molecule has 0 saturated carbocycles. The zero-order valence-electron chi connectivity index (χ0n) is 20.8. The van der Waals surface area contributed by atoms with Crippen LogP contribution in [0.4, 0.5) is 0 Å². The fourth-order valence-electron chi connectivity index (χ4n) is 4.36. The zero-order valence-corrected chi connectivity index (χ0v) is 21.6. The number of aromatic hydroxyl groups is 1. The molecule has 0 radical (unpaired) electrons. The Kier molecular flexibility index (Phi) is 7.05. The van der Waals surface area contributed by atoms with E-state index in [0.29, 0.717) is 17.7 Å². The number of aryl methyl sites for hydroxylation is 1. The molecular weight excluding hydrogens is 468 g/mol. The van der Waals surface area contributed by atoms with Crippen LogP contribution in [0.1, 0.15) is 56.9 Å². The summed E-state index contributed by atoms with van der Waals surface area (Å²) in [6.45, 7) is 6.50. The van der Waals surface area contributed by atoms with E-state index in [2.05, 4.69) is 73.5 Å². The molecule has 2 aromatic carbocycles. The summed E-state index contributed by atoms with van der Waals surface area (Å²) >= 11 is 1.65. The summed E-state index contributed by atoms with van der Waals surface area (Å²) in [6.07, 6.45) is 12.9. The van der Waals surface area contributed by atoms with E-state index < -0.39 is 0 Å². The van der Waals surface area contributed by atoms with Gasteiger partial charge >= 0.3 is 0 Å². The molecule has 0 bridgehead atoms. The van der Waals surface area contributed by atoms with E-state index in [1.54, 1.807) is 17.4 Å². The maximum Gasteiger partial charge on any atom is 0.240 e. The Labute approximate surface area is 215 Å². The van der Waals surface area contributed by atoms with Crippen LogP contribution in [-0.2, 0) is 6.42 Å². The lowest BCUT2D eigenvalue weighted by Gasteiger charge is -2.16. The SMILES string of the molecule is CCCc1nnc(/C=C/C2C=CC(Oc3c(-c4ccccc4C(C)C)sc4cc(O)ccc34)=CC2)o1. The second-order valence-electron chi connectivity index (χ2n) is 9.29. The minimum Gasteiger partial charge on any atom is -0.508 e. The van der Waals surface area contributed by atoms with Crippen LogP contribution in [0.15, 0.2) is 76.9 Å². The summed E-state index contributed by atoms with van der Waals surface area (Å²) in [5.74, 6) is 3.74. The molecule has 4 aromatic rings. The molecule has 0 spiro atoms. The summed E-state index contributed by atoms with van der Waals surface area (Å²) in [6, 6.07) is 13.9. The van der Waals surface area contributed by atoms with E-state index >= 15 is 0 Å². The number of phenolic OH excluding ortho intramolecular Hbond substituents is 1. The first-order chi connectivity index (χ1) is 17.5. The summed E-state index contributed by atoms with van der Waals surface area (Å²) in [7, 11) is 0. The standard InChI is InChI=1S/C30H30N2O3S/c1-4-7-27-31-32-28(35-27)17-12-20-10-14-22(15-11-20)34-29-25-16-13-21(33)18-26(25)36-30(29)24-9-6-5-8-23(24)19(2)3/h5-6,8-10,12-20,33H,4,7,11H2,1-3H3/b17-12+. The summed E-state index contributed by atoms with van der Waals surface area (Å²) in [5, 5.41) is 19.2. The van der Waals surface area contributed by atoms with Crippen LogP contribution in [0.5, 0.6) is 11.5 Å². The minimum atomic E-state index is 0.233. The van der Waals surface area contributed by atoms with Crippen molar-refractivity contribution in [2.24, 2.45) is 5.92 Å². The molecular formula is C30H30N2O3S. The lowest BCUT2D eigenvalue weighted by molar-refractivity contribution is 0.444. The molecule has 5 nitrogen and oxygen atoms in total. The molecule has 36 heavy (non-hydrogen) atoms. The van der Waals surface area contributed by atoms with Crippen LogP contribution in [0.25, 0.3) is 26.6 Å². The highest BCUT2D eigenvalue weighted by atomic mass is 32.1. The van der Waals surface area contributed by atoms with Gasteiger partial charge in [0.05, 0.1) is 4.88 Å². The molecule has 1 atom stereocenters. The first kappa shape index (κ1) is 24.1. The zero-order chi connectivity index (χ0) is 25.1. The quantitative estimate of drug-likeness (QED) is 0.265. The first-order valence-corrected chi connectivity index (χ1v) is 13.2. The molecule has 6 heteroatoms. The van der Waals surface area contributed by atoms with Gasteiger partial charge in [-0.3, -0.25) is 0 Å². The van der Waals surface area contributed by atoms with Gasteiger partial charge in [-0.05, 0) is 72.2 Å². The van der Waals surface area contributed by atoms with Crippen LogP contribution in [-0.4, -0.2) is 15.3 Å². The van der Waals surface area contributed by atoms with Crippen LogP contribution in [0.2, 0.25) is 0 Å². The molecule has 1 aliphatic rings. The second kappa shape index (κ2) is 10.5. The molecule has 184 valence electrons. The Morgan fingerprint density at radius 3 is 2.83 bits per heavy atom. The highest BCUT2D eigenvalue weighted by molar-refractivity contribution is 7.22. The lowest BCUT2D eigenvalue weighted by atomic mass is 9.96. The summed E-state index contributed by atoms with van der Waals surface area (Å²) < 4.78 is 13.2. The Hall–Kier alpha value is -3.64. The number of aromatic nitrogens is 2. The number of phenols is 1. The third-order valence-electron chi connectivity index (χ3n) is 6.21. The van der Waals surface area contributed by atoms with Crippen molar-refractivity contribution >= 4 is 27.5 Å². The van der Waals surface area contributed by atoms with E-state index in [-0.39, 0.29) is 11.7 Å². The second-order valence-corrected chi connectivity index (χ2v) is 10.3. The Bertz CT molecular complexity index is 1460. The van der Waals surface area contributed by atoms with E-state index in [4.69, 9.17) is 9.15 Å². The maximum absolute atomic E-state index is 10.1. The molecule has 0 saturated heterocycles. The number of thiophene rings is 1. The third-order valence-corrected chi connectivity index (χ3v) is 7.37. The summed E-state index contributed by atoms with van der Waals surface area (Å²) in [5.41, 5.74) is 2.45. The van der Waals surface area contributed by atoms with Crippen molar-refractivity contribution in [1.29, 1.82) is 0 Å². The van der Waals surface area contributed by atoms with E-state index in [1.165, 1.54) is 11.1 Å². The van der Waals surface area contributed by atoms with E-state index in [1.807, 2.05) is 24.3 Å². The highest BCUT2D eigenvalue weighted by Crippen LogP contribution is 2.48. The van der Waals surface area contributed by atoms with Crippen LogP contribution < -0.4 is 4.74 Å². The first-order valence-electron chi connectivity index (χ1n) is 12.4. The number of hydrogen-bond acceptors (Lipinski definition) is 6. The Morgan fingerprint density at radius 2 is 2.06 bits per heavy atom. The van der Waals surface area contributed by atoms with Gasteiger partial charge in [0.15, 0.2) is 5.75 Å². The van der Waals surface area contributed by atoms with Crippen molar-refractivity contribution < 1.29 is 14.3 Å². The molecule has 0 amide bonds. The molecule has 2 aromatic heterocycles. The van der Waals surface area contributed by atoms with Crippen molar-refractivity contribution in [2.75, 3.05) is 0 Å². The molecule has 1 aliphatic carbocycles. The van der Waals surface area contributed by atoms with Gasteiger partial charge < -0.3 is 14.3 Å². The van der Waals surface area contributed by atoms with E-state index in [9.17, 15) is 5.11 Å². The summed E-state index contributed by atoms with van der Waals surface area (Å²) in [4.78, 5) is 1.08. The van der Waals surface area contributed by atoms with Crippen LogP contribution in [0.3, 0.4) is 0 Å². The largest absolute Gasteiger partial charge is 0.508 e. The molecule has 0 aliphatic heterocycles. The minimum absolute atomic E-state index is 0.233. The Morgan fingerprint density at radius 1 is 1.19 bits per heavy atom. The van der Waals surface area contributed by atoms with Gasteiger partial charge in [0.25, 0.3) is 0 Å². The highest BCUT2D eigenvalue weighted by Gasteiger charge is 2.21. The average molecular weight is 499 g/mol. The van der Waals surface area contributed by atoms with Gasteiger partial charge in [0.1, 0.15) is 11.5 Å². The third kappa shape index (κ3) is 5.14. The number of ether oxygens (including phenoxy) is 1. The lowest BCUT2D eigenvalue weighted by Crippen LogP contribution is -2.02. The number of rotatable bonds is 8. The normalized spacial score (nSPS) is 15.8. The van der Waals surface area contributed by atoms with Crippen molar-refractivity contribution in [3.8, 4) is 21.9 Å². The fourth-order valence-corrected chi connectivity index (χ4v) is 5.57. The van der Waals surface area contributed by atoms with Crippen molar-refractivity contribution in [2.45, 2.75) is 46.0 Å². The van der Waals surface area contributed by atoms with Crippen LogP contribution in [0, 0.1) is 5.92 Å². The smallest absolute Gasteiger partial charge is 0.240 e. The Balaban J connectivity index is 1.40. The molecule has 5 rings (SSSR count). The number of nitrogens with zero attached hydrogens (tertiary/aromatic N) is 2. The molecule has 1 N–H and O–H groups in total. The van der Waals surface area contributed by atoms with Gasteiger partial charge in [-0.25, -0.2) is 0 Å². The van der Waals surface area contributed by atoms with Crippen molar-refractivity contribution in [1.82, 2.24) is 10.2 Å². The fraction of sp³-hybridized carbons (Fsp3) is 0.267. The van der Waals surface area contributed by atoms with Crippen LogP contribution >= 0.6 is 11.3 Å².